The molecule has 2 N–H and O–H groups in total. The van der Waals surface area contributed by atoms with Gasteiger partial charge in [-0.3, -0.25) is 0 Å². The predicted molar refractivity (Wildman–Crippen MR) is 83.5 cm³/mol. The number of carboxylic acid groups (broad SMARTS) is 1. The normalized spacial score (nSPS) is 12.0. The number of likely N-dealkylation sites (N-methyl/N-ethyl adjacent to an activating group) is 1. The van der Waals surface area contributed by atoms with Crippen molar-refractivity contribution in [3.05, 3.63) is 14.7 Å². The number of carbonyl (C=O) groups is 1. The third-order valence-electron chi connectivity index (χ3n) is 2.62. The van der Waals surface area contributed by atoms with Gasteiger partial charge in [0.1, 0.15) is 9.77 Å². The van der Waals surface area contributed by atoms with E-state index < -0.39 is 16.0 Å². The summed E-state index contributed by atoms with van der Waals surface area (Å²) in [4.78, 5) is 12.7. The Morgan fingerprint density at radius 1 is 1.52 bits per heavy atom. The van der Waals surface area contributed by atoms with Gasteiger partial charge in [0.05, 0.1) is 10.4 Å². The standard InChI is InChI=1S/C11H17BrN2O5S2/c1-14(5-6-19-2)4-3-13-21(17,18)9-7-8(11(15)16)20-10(9)12/h7,13H,3-6H2,1-2H3,(H,15,16). The number of thiophene rings is 1. The molecule has 21 heavy (non-hydrogen) atoms. The highest BCUT2D eigenvalue weighted by Gasteiger charge is 2.22. The number of hydrogen-bond donors (Lipinski definition) is 2. The zero-order valence-corrected chi connectivity index (χ0v) is 14.8. The van der Waals surface area contributed by atoms with E-state index in [-0.39, 0.29) is 20.1 Å². The summed E-state index contributed by atoms with van der Waals surface area (Å²) in [5.41, 5.74) is 0. The first-order chi connectivity index (χ1) is 9.77. The van der Waals surface area contributed by atoms with Gasteiger partial charge >= 0.3 is 5.97 Å². The van der Waals surface area contributed by atoms with Crippen LogP contribution in [0.1, 0.15) is 9.67 Å². The number of carboxylic acids is 1. The van der Waals surface area contributed by atoms with Gasteiger partial charge in [0.15, 0.2) is 0 Å². The maximum atomic E-state index is 12.1. The quantitative estimate of drug-likeness (QED) is 0.643. The second-order valence-electron chi connectivity index (χ2n) is 4.25. The molecule has 0 fully saturated rings. The Labute approximate surface area is 136 Å². The van der Waals surface area contributed by atoms with Crippen LogP contribution in [-0.2, 0) is 14.8 Å². The first-order valence-corrected chi connectivity index (χ1v) is 9.07. The first kappa shape index (κ1) is 18.5. The van der Waals surface area contributed by atoms with Crippen LogP contribution in [-0.4, -0.2) is 64.8 Å². The van der Waals surface area contributed by atoms with E-state index in [0.29, 0.717) is 19.7 Å². The van der Waals surface area contributed by atoms with Crippen molar-refractivity contribution < 1.29 is 23.1 Å². The number of methoxy groups -OCH3 is 1. The zero-order valence-electron chi connectivity index (χ0n) is 11.6. The molecular weight excluding hydrogens is 384 g/mol. The second-order valence-corrected chi connectivity index (χ2v) is 8.35. The Morgan fingerprint density at radius 2 is 2.19 bits per heavy atom. The third kappa shape index (κ3) is 5.64. The molecule has 1 heterocycles. The second kappa shape index (κ2) is 8.20. The van der Waals surface area contributed by atoms with E-state index in [4.69, 9.17) is 9.84 Å². The lowest BCUT2D eigenvalue weighted by atomic mass is 10.5. The van der Waals surface area contributed by atoms with E-state index >= 15 is 0 Å². The lowest BCUT2D eigenvalue weighted by Crippen LogP contribution is -2.34. The maximum absolute atomic E-state index is 12.1. The summed E-state index contributed by atoms with van der Waals surface area (Å²) < 4.78 is 31.9. The molecule has 0 aliphatic heterocycles. The maximum Gasteiger partial charge on any atom is 0.345 e. The molecule has 0 aliphatic carbocycles. The topological polar surface area (TPSA) is 95.9 Å². The Balaban J connectivity index is 2.63. The highest BCUT2D eigenvalue weighted by atomic mass is 79.9. The summed E-state index contributed by atoms with van der Waals surface area (Å²) in [5, 5.41) is 8.88. The molecule has 1 aromatic heterocycles. The SMILES string of the molecule is COCCN(C)CCNS(=O)(=O)c1cc(C(=O)O)sc1Br. The van der Waals surface area contributed by atoms with Crippen LogP contribution in [0.3, 0.4) is 0 Å². The van der Waals surface area contributed by atoms with E-state index in [0.717, 1.165) is 17.4 Å². The summed E-state index contributed by atoms with van der Waals surface area (Å²) in [6.07, 6.45) is 0. The van der Waals surface area contributed by atoms with Crippen molar-refractivity contribution in [2.75, 3.05) is 40.4 Å². The molecule has 0 bridgehead atoms. The number of aromatic carboxylic acids is 1. The van der Waals surface area contributed by atoms with Crippen molar-refractivity contribution in [2.24, 2.45) is 0 Å². The summed E-state index contributed by atoms with van der Waals surface area (Å²) in [7, 11) is -0.268. The first-order valence-electron chi connectivity index (χ1n) is 5.97. The average molecular weight is 401 g/mol. The highest BCUT2D eigenvalue weighted by Crippen LogP contribution is 2.31. The van der Waals surface area contributed by atoms with Crippen LogP contribution in [0.2, 0.25) is 0 Å². The number of nitrogens with zero attached hydrogens (tertiary/aromatic N) is 1. The van der Waals surface area contributed by atoms with Crippen LogP contribution in [0.5, 0.6) is 0 Å². The Bertz CT molecular complexity index is 587. The molecule has 0 unspecified atom stereocenters. The fourth-order valence-electron chi connectivity index (χ4n) is 1.45. The van der Waals surface area contributed by atoms with E-state index in [1.54, 1.807) is 7.11 Å². The van der Waals surface area contributed by atoms with Crippen LogP contribution in [0.25, 0.3) is 0 Å². The van der Waals surface area contributed by atoms with E-state index in [1.807, 2.05) is 11.9 Å². The monoisotopic (exact) mass is 400 g/mol. The Hall–Kier alpha value is -0.520. The van der Waals surface area contributed by atoms with Gasteiger partial charge in [0.2, 0.25) is 10.0 Å². The predicted octanol–water partition coefficient (Wildman–Crippen LogP) is 1.07. The lowest BCUT2D eigenvalue weighted by Gasteiger charge is -2.16. The number of nitrogens with one attached hydrogen (secondary N) is 1. The minimum Gasteiger partial charge on any atom is -0.477 e. The molecule has 0 aliphatic rings. The van der Waals surface area contributed by atoms with Gasteiger partial charge in [-0.05, 0) is 29.0 Å². The zero-order chi connectivity index (χ0) is 16.0. The molecule has 0 atom stereocenters. The molecule has 0 spiro atoms. The summed E-state index contributed by atoms with van der Waals surface area (Å²) in [6, 6.07) is 1.15. The van der Waals surface area contributed by atoms with Gasteiger partial charge in [-0.1, -0.05) is 0 Å². The number of hydrogen-bond acceptors (Lipinski definition) is 6. The Kier molecular flexibility index (Phi) is 7.24. The van der Waals surface area contributed by atoms with Crippen LogP contribution >= 0.6 is 27.3 Å². The minimum absolute atomic E-state index is 0.0283. The molecular formula is C11H17BrN2O5S2. The molecule has 0 saturated carbocycles. The van der Waals surface area contributed by atoms with Gasteiger partial charge < -0.3 is 14.7 Å². The van der Waals surface area contributed by atoms with Gasteiger partial charge in [-0.25, -0.2) is 17.9 Å². The molecule has 10 heteroatoms. The van der Waals surface area contributed by atoms with Gasteiger partial charge in [-0.2, -0.15) is 0 Å². The molecule has 0 radical (unpaired) electrons. The molecule has 0 saturated heterocycles. The van der Waals surface area contributed by atoms with Crippen molar-refractivity contribution >= 4 is 43.3 Å². The fraction of sp³-hybridized carbons (Fsp3) is 0.545. The van der Waals surface area contributed by atoms with Crippen molar-refractivity contribution in [2.45, 2.75) is 4.90 Å². The van der Waals surface area contributed by atoms with Crippen LogP contribution < -0.4 is 4.72 Å². The minimum atomic E-state index is -3.73. The largest absolute Gasteiger partial charge is 0.477 e. The molecule has 120 valence electrons. The highest BCUT2D eigenvalue weighted by molar-refractivity contribution is 9.11. The van der Waals surface area contributed by atoms with Gasteiger partial charge in [0.25, 0.3) is 0 Å². The smallest absolute Gasteiger partial charge is 0.345 e. The summed E-state index contributed by atoms with van der Waals surface area (Å²) >= 11 is 3.96. The number of ether oxygens (including phenoxy) is 1. The number of rotatable bonds is 9. The third-order valence-corrected chi connectivity index (χ3v) is 6.32. The van der Waals surface area contributed by atoms with E-state index in [2.05, 4.69) is 20.7 Å². The van der Waals surface area contributed by atoms with E-state index in [1.165, 1.54) is 0 Å². The lowest BCUT2D eigenvalue weighted by molar-refractivity contribution is 0.0702. The molecule has 0 aromatic carbocycles. The van der Waals surface area contributed by atoms with E-state index in [9.17, 15) is 13.2 Å². The number of halogens is 1. The summed E-state index contributed by atoms with van der Waals surface area (Å²) in [5.74, 6) is -1.15. The summed E-state index contributed by atoms with van der Waals surface area (Å²) in [6.45, 7) is 2.02. The molecule has 0 amide bonds. The number of sulfonamides is 1. The van der Waals surface area contributed by atoms with Crippen LogP contribution in [0, 0.1) is 0 Å². The van der Waals surface area contributed by atoms with Gasteiger partial charge in [-0.15, -0.1) is 11.3 Å². The van der Waals surface area contributed by atoms with Crippen molar-refractivity contribution in [1.29, 1.82) is 0 Å². The average Bonchev–Trinajstić information content (AvgIpc) is 2.79. The van der Waals surface area contributed by atoms with Crippen molar-refractivity contribution in [1.82, 2.24) is 9.62 Å². The Morgan fingerprint density at radius 3 is 2.71 bits per heavy atom. The fourth-order valence-corrected chi connectivity index (χ4v) is 4.87. The molecule has 1 rings (SSSR count). The van der Waals surface area contributed by atoms with Crippen molar-refractivity contribution in [3.63, 3.8) is 0 Å². The van der Waals surface area contributed by atoms with Gasteiger partial charge in [0, 0.05) is 26.7 Å². The molecule has 1 aromatic rings. The van der Waals surface area contributed by atoms with Crippen LogP contribution in [0.4, 0.5) is 0 Å². The van der Waals surface area contributed by atoms with Crippen molar-refractivity contribution in [3.8, 4) is 0 Å². The van der Waals surface area contributed by atoms with Crippen LogP contribution in [0.15, 0.2) is 14.7 Å². The molecule has 7 nitrogen and oxygen atoms in total.